The molecule has 3 N–H and O–H groups in total. The van der Waals surface area contributed by atoms with Gasteiger partial charge in [-0.15, -0.1) is 0 Å². The maximum atomic E-state index is 11.6. The third-order valence-electron chi connectivity index (χ3n) is 2.51. The number of urea groups is 1. The van der Waals surface area contributed by atoms with Gasteiger partial charge in [0.05, 0.1) is 6.54 Å². The number of nitrogens with one attached hydrogen (secondary N) is 2. The van der Waals surface area contributed by atoms with Crippen molar-refractivity contribution < 1.29 is 19.5 Å². The predicted molar refractivity (Wildman–Crippen MR) is 59.5 cm³/mol. The van der Waals surface area contributed by atoms with Gasteiger partial charge < -0.3 is 20.6 Å². The van der Waals surface area contributed by atoms with Crippen LogP contribution in [0.2, 0.25) is 0 Å². The van der Waals surface area contributed by atoms with Crippen LogP contribution in [0.3, 0.4) is 0 Å². The maximum absolute atomic E-state index is 11.6. The van der Waals surface area contributed by atoms with Gasteiger partial charge in [-0.1, -0.05) is 0 Å². The minimum absolute atomic E-state index is 0.0918. The summed E-state index contributed by atoms with van der Waals surface area (Å²) >= 11 is 0. The Balaban J connectivity index is 2.18. The summed E-state index contributed by atoms with van der Waals surface area (Å²) < 4.78 is 0. The number of carboxylic acid groups (broad SMARTS) is 1. The average molecular weight is 243 g/mol. The molecule has 0 atom stereocenters. The highest BCUT2D eigenvalue weighted by Gasteiger charge is 2.16. The van der Waals surface area contributed by atoms with Gasteiger partial charge in [0, 0.05) is 13.1 Å². The molecule has 1 rings (SSSR count). The van der Waals surface area contributed by atoms with Crippen LogP contribution in [0.1, 0.15) is 19.3 Å². The topological polar surface area (TPSA) is 98.7 Å². The van der Waals surface area contributed by atoms with E-state index < -0.39 is 18.5 Å². The van der Waals surface area contributed by atoms with Gasteiger partial charge >= 0.3 is 12.0 Å². The molecular weight excluding hydrogens is 226 g/mol. The van der Waals surface area contributed by atoms with Crippen LogP contribution < -0.4 is 10.6 Å². The van der Waals surface area contributed by atoms with Crippen molar-refractivity contribution in [2.45, 2.75) is 19.3 Å². The Bertz CT molecular complexity index is 300. The Kier molecular flexibility index (Phi) is 5.25. The molecule has 0 aromatic carbocycles. The van der Waals surface area contributed by atoms with Gasteiger partial charge in [-0.3, -0.25) is 9.59 Å². The molecular formula is C10H17N3O4. The fourth-order valence-corrected chi connectivity index (χ4v) is 1.63. The van der Waals surface area contributed by atoms with Crippen LogP contribution in [0.25, 0.3) is 0 Å². The zero-order valence-corrected chi connectivity index (χ0v) is 9.57. The van der Waals surface area contributed by atoms with E-state index in [4.69, 9.17) is 5.11 Å². The van der Waals surface area contributed by atoms with E-state index in [2.05, 4.69) is 10.6 Å². The first-order chi connectivity index (χ1) is 8.09. The van der Waals surface area contributed by atoms with Crippen molar-refractivity contribution in [1.29, 1.82) is 0 Å². The molecule has 7 nitrogen and oxygen atoms in total. The van der Waals surface area contributed by atoms with Crippen LogP contribution in [0, 0.1) is 0 Å². The molecule has 0 unspecified atom stereocenters. The molecule has 1 fully saturated rings. The summed E-state index contributed by atoms with van der Waals surface area (Å²) in [6.07, 6.45) is 3.13. The molecule has 0 aliphatic carbocycles. The average Bonchev–Trinajstić information content (AvgIpc) is 2.34. The lowest BCUT2D eigenvalue weighted by molar-refractivity contribution is -0.135. The quantitative estimate of drug-likeness (QED) is 0.613. The summed E-state index contributed by atoms with van der Waals surface area (Å²) in [6, 6.07) is -0.641. The number of carbonyl (C=O) groups is 3. The first-order valence-electron chi connectivity index (χ1n) is 5.61. The fourth-order valence-electron chi connectivity index (χ4n) is 1.63. The van der Waals surface area contributed by atoms with E-state index in [-0.39, 0.29) is 12.5 Å². The molecule has 1 aliphatic rings. The molecule has 0 bridgehead atoms. The zero-order chi connectivity index (χ0) is 12.7. The number of carbonyl (C=O) groups excluding carboxylic acids is 2. The second-order valence-electron chi connectivity index (χ2n) is 3.87. The molecule has 0 radical (unpaired) electrons. The van der Waals surface area contributed by atoms with Crippen LogP contribution in [0.5, 0.6) is 0 Å². The second kappa shape index (κ2) is 6.72. The summed E-state index contributed by atoms with van der Waals surface area (Å²) in [7, 11) is 0. The fraction of sp³-hybridized carbons (Fsp3) is 0.700. The Labute approximate surface area is 99.2 Å². The van der Waals surface area contributed by atoms with Gasteiger partial charge in [-0.05, 0) is 19.3 Å². The van der Waals surface area contributed by atoms with Gasteiger partial charge in [0.15, 0.2) is 0 Å². The van der Waals surface area contributed by atoms with Crippen molar-refractivity contribution >= 4 is 17.9 Å². The number of likely N-dealkylation sites (tertiary alicyclic amines) is 1. The largest absolute Gasteiger partial charge is 0.480 e. The smallest absolute Gasteiger partial charge is 0.323 e. The SMILES string of the molecule is O=C(O)CNC(=O)NCC(=O)N1CCCCC1. The van der Waals surface area contributed by atoms with E-state index in [1.54, 1.807) is 4.90 Å². The van der Waals surface area contributed by atoms with Gasteiger partial charge in [0.25, 0.3) is 0 Å². The molecule has 0 saturated carbocycles. The van der Waals surface area contributed by atoms with Gasteiger partial charge in [0.2, 0.25) is 5.91 Å². The minimum atomic E-state index is -1.12. The number of aliphatic carboxylic acids is 1. The summed E-state index contributed by atoms with van der Waals surface area (Å²) in [6.45, 7) is 0.920. The number of rotatable bonds is 4. The highest BCUT2D eigenvalue weighted by atomic mass is 16.4. The van der Waals surface area contributed by atoms with Crippen molar-refractivity contribution in [2.24, 2.45) is 0 Å². The van der Waals surface area contributed by atoms with Gasteiger partial charge in [0.1, 0.15) is 6.54 Å². The second-order valence-corrected chi connectivity index (χ2v) is 3.87. The van der Waals surface area contributed by atoms with Gasteiger partial charge in [-0.2, -0.15) is 0 Å². The molecule has 17 heavy (non-hydrogen) atoms. The van der Waals surface area contributed by atoms with E-state index in [1.807, 2.05) is 0 Å². The summed E-state index contributed by atoms with van der Waals surface area (Å²) in [5.74, 6) is -1.25. The maximum Gasteiger partial charge on any atom is 0.323 e. The highest BCUT2D eigenvalue weighted by Crippen LogP contribution is 2.07. The minimum Gasteiger partial charge on any atom is -0.480 e. The van der Waals surface area contributed by atoms with Crippen molar-refractivity contribution in [2.75, 3.05) is 26.2 Å². The first-order valence-corrected chi connectivity index (χ1v) is 5.61. The van der Waals surface area contributed by atoms with Crippen molar-refractivity contribution in [3.8, 4) is 0 Å². The molecule has 96 valence electrons. The van der Waals surface area contributed by atoms with Crippen LogP contribution in [0.15, 0.2) is 0 Å². The Hall–Kier alpha value is -1.79. The molecule has 1 heterocycles. The van der Waals surface area contributed by atoms with Crippen LogP contribution in [0.4, 0.5) is 4.79 Å². The lowest BCUT2D eigenvalue weighted by Gasteiger charge is -2.26. The Morgan fingerprint density at radius 3 is 2.18 bits per heavy atom. The van der Waals surface area contributed by atoms with E-state index in [9.17, 15) is 14.4 Å². The van der Waals surface area contributed by atoms with E-state index in [0.717, 1.165) is 32.4 Å². The molecule has 1 saturated heterocycles. The van der Waals surface area contributed by atoms with E-state index in [1.165, 1.54) is 0 Å². The molecule has 0 spiro atoms. The lowest BCUT2D eigenvalue weighted by Crippen LogP contribution is -2.46. The van der Waals surface area contributed by atoms with Crippen molar-refractivity contribution in [3.63, 3.8) is 0 Å². The molecule has 3 amide bonds. The molecule has 0 aromatic rings. The molecule has 1 aliphatic heterocycles. The monoisotopic (exact) mass is 243 g/mol. The van der Waals surface area contributed by atoms with Crippen LogP contribution in [-0.2, 0) is 9.59 Å². The Morgan fingerprint density at radius 2 is 1.59 bits per heavy atom. The number of hydrogen-bond donors (Lipinski definition) is 3. The number of nitrogens with zero attached hydrogens (tertiary/aromatic N) is 1. The highest BCUT2D eigenvalue weighted by molar-refractivity contribution is 5.85. The van der Waals surface area contributed by atoms with E-state index in [0.29, 0.717) is 0 Å². The third kappa shape index (κ3) is 5.19. The predicted octanol–water partition coefficient (Wildman–Crippen LogP) is -0.617. The molecule has 7 heteroatoms. The summed E-state index contributed by atoms with van der Waals surface area (Å²) in [4.78, 5) is 34.6. The van der Waals surface area contributed by atoms with Crippen molar-refractivity contribution in [1.82, 2.24) is 15.5 Å². The zero-order valence-electron chi connectivity index (χ0n) is 9.57. The van der Waals surface area contributed by atoms with Gasteiger partial charge in [-0.25, -0.2) is 4.79 Å². The summed E-state index contributed by atoms with van der Waals surface area (Å²) in [5.41, 5.74) is 0. The number of hydrogen-bond acceptors (Lipinski definition) is 3. The van der Waals surface area contributed by atoms with Crippen LogP contribution in [-0.4, -0.2) is 54.1 Å². The third-order valence-corrected chi connectivity index (χ3v) is 2.51. The lowest BCUT2D eigenvalue weighted by atomic mass is 10.1. The normalized spacial score (nSPS) is 15.2. The summed E-state index contributed by atoms with van der Waals surface area (Å²) in [5, 5.41) is 12.8. The standard InChI is InChI=1S/C10H17N3O4/c14-8(13-4-2-1-3-5-13)6-11-10(17)12-7-9(15)16/h1-7H2,(H,15,16)(H2,11,12,17). The number of piperidine rings is 1. The van der Waals surface area contributed by atoms with E-state index >= 15 is 0 Å². The molecule has 0 aromatic heterocycles. The number of amides is 3. The number of carboxylic acids is 1. The van der Waals surface area contributed by atoms with Crippen molar-refractivity contribution in [3.05, 3.63) is 0 Å². The van der Waals surface area contributed by atoms with Crippen LogP contribution >= 0.6 is 0 Å². The Morgan fingerprint density at radius 1 is 1.00 bits per heavy atom. The first kappa shape index (κ1) is 13.3.